The standard InChI is InChI=1S/C19H29N/c1-20(2)18-13-7-11-16-10-6-12-17(19(16)18)14-15-8-4-3-5-9-15/h6,10,12,15,18H,3-5,7-9,11,13-14H2,1-2H3. The number of fused-ring (bicyclic) bond motifs is 1. The minimum atomic E-state index is 0.651. The second-order valence-electron chi connectivity index (χ2n) is 7.07. The minimum Gasteiger partial charge on any atom is -0.302 e. The van der Waals surface area contributed by atoms with E-state index < -0.39 is 0 Å². The third-order valence-electron chi connectivity index (χ3n) is 5.40. The predicted molar refractivity (Wildman–Crippen MR) is 86.1 cm³/mol. The van der Waals surface area contributed by atoms with Crippen LogP contribution >= 0.6 is 0 Å². The molecule has 3 rings (SSSR count). The van der Waals surface area contributed by atoms with Crippen molar-refractivity contribution >= 4 is 0 Å². The van der Waals surface area contributed by atoms with E-state index in [-0.39, 0.29) is 0 Å². The van der Waals surface area contributed by atoms with Crippen LogP contribution in [0.5, 0.6) is 0 Å². The molecule has 0 aromatic heterocycles. The van der Waals surface area contributed by atoms with Crippen LogP contribution in [0.1, 0.15) is 67.7 Å². The molecule has 2 aliphatic carbocycles. The highest BCUT2D eigenvalue weighted by Crippen LogP contribution is 2.37. The fourth-order valence-electron chi connectivity index (χ4n) is 4.34. The molecule has 1 aromatic rings. The van der Waals surface area contributed by atoms with Crippen molar-refractivity contribution in [3.63, 3.8) is 0 Å². The molecule has 2 aliphatic rings. The fourth-order valence-corrected chi connectivity index (χ4v) is 4.34. The van der Waals surface area contributed by atoms with E-state index in [1.807, 2.05) is 0 Å². The number of hydrogen-bond acceptors (Lipinski definition) is 1. The van der Waals surface area contributed by atoms with Crippen LogP contribution in [-0.2, 0) is 12.8 Å². The maximum atomic E-state index is 2.43. The van der Waals surface area contributed by atoms with Crippen molar-refractivity contribution in [1.82, 2.24) is 4.90 Å². The normalized spacial score (nSPS) is 23.9. The molecular weight excluding hydrogens is 242 g/mol. The summed E-state index contributed by atoms with van der Waals surface area (Å²) >= 11 is 0. The molecule has 0 aliphatic heterocycles. The van der Waals surface area contributed by atoms with Crippen LogP contribution in [0.25, 0.3) is 0 Å². The van der Waals surface area contributed by atoms with Gasteiger partial charge in [0.25, 0.3) is 0 Å². The van der Waals surface area contributed by atoms with Gasteiger partial charge in [-0.2, -0.15) is 0 Å². The lowest BCUT2D eigenvalue weighted by molar-refractivity contribution is 0.265. The lowest BCUT2D eigenvalue weighted by atomic mass is 9.79. The molecule has 0 spiro atoms. The maximum Gasteiger partial charge on any atom is 0.0347 e. The number of benzene rings is 1. The van der Waals surface area contributed by atoms with E-state index in [0.717, 1.165) is 5.92 Å². The van der Waals surface area contributed by atoms with Crippen LogP contribution in [0.3, 0.4) is 0 Å². The van der Waals surface area contributed by atoms with Gasteiger partial charge in [-0.1, -0.05) is 50.3 Å². The lowest BCUT2D eigenvalue weighted by Crippen LogP contribution is -2.26. The lowest BCUT2D eigenvalue weighted by Gasteiger charge is -2.34. The van der Waals surface area contributed by atoms with Crippen LogP contribution in [-0.4, -0.2) is 19.0 Å². The summed E-state index contributed by atoms with van der Waals surface area (Å²) in [6.45, 7) is 0. The van der Waals surface area contributed by atoms with E-state index in [9.17, 15) is 0 Å². The van der Waals surface area contributed by atoms with E-state index in [4.69, 9.17) is 0 Å². The SMILES string of the molecule is CN(C)C1CCCc2cccc(CC3CCCCC3)c21. The van der Waals surface area contributed by atoms with Crippen LogP contribution < -0.4 is 0 Å². The molecule has 1 unspecified atom stereocenters. The smallest absolute Gasteiger partial charge is 0.0347 e. The fraction of sp³-hybridized carbons (Fsp3) is 0.684. The Morgan fingerprint density at radius 3 is 2.55 bits per heavy atom. The van der Waals surface area contributed by atoms with E-state index in [1.165, 1.54) is 57.8 Å². The molecule has 0 heterocycles. The highest BCUT2D eigenvalue weighted by molar-refractivity contribution is 5.40. The molecule has 0 radical (unpaired) electrons. The Bertz CT molecular complexity index is 443. The van der Waals surface area contributed by atoms with Gasteiger partial charge in [-0.25, -0.2) is 0 Å². The zero-order valence-corrected chi connectivity index (χ0v) is 13.2. The zero-order valence-electron chi connectivity index (χ0n) is 13.2. The first-order valence-electron chi connectivity index (χ1n) is 8.53. The van der Waals surface area contributed by atoms with Gasteiger partial charge in [0, 0.05) is 6.04 Å². The largest absolute Gasteiger partial charge is 0.302 e. The summed E-state index contributed by atoms with van der Waals surface area (Å²) in [5.41, 5.74) is 4.98. The van der Waals surface area contributed by atoms with E-state index in [0.29, 0.717) is 6.04 Å². The zero-order chi connectivity index (χ0) is 13.9. The topological polar surface area (TPSA) is 3.24 Å². The third kappa shape index (κ3) is 2.93. The van der Waals surface area contributed by atoms with Gasteiger partial charge in [0.15, 0.2) is 0 Å². The second-order valence-corrected chi connectivity index (χ2v) is 7.07. The summed E-state index contributed by atoms with van der Waals surface area (Å²) in [6.07, 6.45) is 12.6. The highest BCUT2D eigenvalue weighted by Gasteiger charge is 2.25. The van der Waals surface area contributed by atoms with Crippen LogP contribution in [0.4, 0.5) is 0 Å². The Balaban J connectivity index is 1.86. The molecule has 1 aromatic carbocycles. The average molecular weight is 271 g/mol. The van der Waals surface area contributed by atoms with E-state index >= 15 is 0 Å². The van der Waals surface area contributed by atoms with Gasteiger partial charge in [-0.15, -0.1) is 0 Å². The molecule has 0 amide bonds. The first-order valence-corrected chi connectivity index (χ1v) is 8.53. The molecule has 1 heteroatoms. The predicted octanol–water partition coefficient (Wildman–Crippen LogP) is 4.75. The molecule has 1 fully saturated rings. The molecule has 20 heavy (non-hydrogen) atoms. The van der Waals surface area contributed by atoms with Crippen LogP contribution in [0, 0.1) is 5.92 Å². The van der Waals surface area contributed by atoms with E-state index in [2.05, 4.69) is 37.2 Å². The van der Waals surface area contributed by atoms with Gasteiger partial charge in [0.05, 0.1) is 0 Å². The first-order chi connectivity index (χ1) is 9.75. The summed E-state index contributed by atoms with van der Waals surface area (Å²) in [5, 5.41) is 0. The van der Waals surface area contributed by atoms with Gasteiger partial charge >= 0.3 is 0 Å². The maximum absolute atomic E-state index is 2.43. The van der Waals surface area contributed by atoms with Crippen molar-refractivity contribution in [3.05, 3.63) is 34.9 Å². The third-order valence-corrected chi connectivity index (χ3v) is 5.40. The quantitative estimate of drug-likeness (QED) is 0.767. The number of hydrogen-bond donors (Lipinski definition) is 0. The van der Waals surface area contributed by atoms with Crippen LogP contribution in [0.2, 0.25) is 0 Å². The molecule has 1 saturated carbocycles. The van der Waals surface area contributed by atoms with Crippen molar-refractivity contribution < 1.29 is 0 Å². The van der Waals surface area contributed by atoms with Gasteiger partial charge in [0.1, 0.15) is 0 Å². The molecule has 110 valence electrons. The molecule has 1 atom stereocenters. The second kappa shape index (κ2) is 6.30. The Labute approximate surface area is 124 Å². The summed E-state index contributed by atoms with van der Waals surface area (Å²) < 4.78 is 0. The van der Waals surface area contributed by atoms with Gasteiger partial charge in [-0.05, 0) is 62.4 Å². The van der Waals surface area contributed by atoms with Gasteiger partial charge in [0.2, 0.25) is 0 Å². The Kier molecular flexibility index (Phi) is 4.45. The summed E-state index contributed by atoms with van der Waals surface area (Å²) in [5.74, 6) is 0.944. The minimum absolute atomic E-state index is 0.651. The van der Waals surface area contributed by atoms with E-state index in [1.54, 1.807) is 16.7 Å². The molecule has 0 bridgehead atoms. The van der Waals surface area contributed by atoms with Crippen molar-refractivity contribution in [1.29, 1.82) is 0 Å². The van der Waals surface area contributed by atoms with Gasteiger partial charge < -0.3 is 4.90 Å². The average Bonchev–Trinajstić information content (AvgIpc) is 2.48. The Hall–Kier alpha value is -0.820. The molecule has 0 N–H and O–H groups in total. The number of rotatable bonds is 3. The molecule has 1 nitrogen and oxygen atoms in total. The summed E-state index contributed by atoms with van der Waals surface area (Å²) in [6, 6.07) is 7.73. The first kappa shape index (κ1) is 14.1. The highest BCUT2D eigenvalue weighted by atomic mass is 15.1. The Morgan fingerprint density at radius 1 is 1.00 bits per heavy atom. The van der Waals surface area contributed by atoms with Crippen molar-refractivity contribution in [2.24, 2.45) is 5.92 Å². The molecular formula is C19H29N. The van der Waals surface area contributed by atoms with Gasteiger partial charge in [-0.3, -0.25) is 0 Å². The monoisotopic (exact) mass is 271 g/mol. The van der Waals surface area contributed by atoms with Crippen molar-refractivity contribution in [2.45, 2.75) is 63.8 Å². The summed E-state index contributed by atoms with van der Waals surface area (Å²) in [4.78, 5) is 2.43. The Morgan fingerprint density at radius 2 is 1.80 bits per heavy atom. The van der Waals surface area contributed by atoms with Crippen molar-refractivity contribution in [2.75, 3.05) is 14.1 Å². The van der Waals surface area contributed by atoms with Crippen molar-refractivity contribution in [3.8, 4) is 0 Å². The number of aryl methyl sites for hydroxylation is 1. The van der Waals surface area contributed by atoms with Crippen LogP contribution in [0.15, 0.2) is 18.2 Å². The summed E-state index contributed by atoms with van der Waals surface area (Å²) in [7, 11) is 4.49. The number of nitrogens with zero attached hydrogens (tertiary/aromatic N) is 1. The molecule has 0 saturated heterocycles.